The molecule has 0 unspecified atom stereocenters. The lowest BCUT2D eigenvalue weighted by atomic mass is 10.1. The van der Waals surface area contributed by atoms with Crippen molar-refractivity contribution >= 4 is 34.0 Å². The van der Waals surface area contributed by atoms with E-state index in [1.807, 2.05) is 36.4 Å². The van der Waals surface area contributed by atoms with Crippen molar-refractivity contribution in [3.05, 3.63) is 76.4 Å². The van der Waals surface area contributed by atoms with Gasteiger partial charge in [-0.2, -0.15) is 10.2 Å². The smallest absolute Gasteiger partial charge is 0.259 e. The molecule has 0 spiro atoms. The summed E-state index contributed by atoms with van der Waals surface area (Å²) in [4.78, 5) is 23.9. The van der Waals surface area contributed by atoms with Crippen LogP contribution in [0.15, 0.2) is 70.4 Å². The Labute approximate surface area is 164 Å². The van der Waals surface area contributed by atoms with Crippen molar-refractivity contribution in [3.8, 4) is 11.3 Å². The van der Waals surface area contributed by atoms with Gasteiger partial charge in [-0.25, -0.2) is 5.43 Å². The van der Waals surface area contributed by atoms with Crippen molar-refractivity contribution in [1.29, 1.82) is 0 Å². The summed E-state index contributed by atoms with van der Waals surface area (Å²) >= 11 is 3.30. The molecule has 3 N–H and O–H groups in total. The van der Waals surface area contributed by atoms with Gasteiger partial charge < -0.3 is 5.32 Å². The number of halogens is 1. The Morgan fingerprint density at radius 2 is 1.85 bits per heavy atom. The van der Waals surface area contributed by atoms with Crippen LogP contribution in [0.5, 0.6) is 0 Å². The largest absolute Gasteiger partial charge is 0.343 e. The molecule has 8 heteroatoms. The minimum absolute atomic E-state index is 0.186. The fraction of sp³-hybridized carbons (Fsp3) is 0.0526. The third kappa shape index (κ3) is 4.89. The quantitative estimate of drug-likeness (QED) is 0.418. The highest BCUT2D eigenvalue weighted by molar-refractivity contribution is 9.10. The van der Waals surface area contributed by atoms with Gasteiger partial charge in [0, 0.05) is 15.6 Å². The zero-order chi connectivity index (χ0) is 19.1. The van der Waals surface area contributed by atoms with E-state index in [9.17, 15) is 9.59 Å². The van der Waals surface area contributed by atoms with Crippen LogP contribution in [0.2, 0.25) is 0 Å². The first-order valence-electron chi connectivity index (χ1n) is 8.08. The highest BCUT2D eigenvalue weighted by Gasteiger charge is 2.10. The molecule has 1 heterocycles. The predicted molar refractivity (Wildman–Crippen MR) is 106 cm³/mol. The van der Waals surface area contributed by atoms with Crippen LogP contribution in [-0.2, 0) is 4.79 Å². The minimum atomic E-state index is -0.434. The first-order chi connectivity index (χ1) is 13.1. The molecule has 0 aliphatic carbocycles. The van der Waals surface area contributed by atoms with Crippen LogP contribution in [0.1, 0.15) is 15.9 Å². The molecule has 0 saturated heterocycles. The molecular weight excluding hydrogens is 410 g/mol. The van der Waals surface area contributed by atoms with Gasteiger partial charge in [0.15, 0.2) is 0 Å². The molecule has 1 aromatic heterocycles. The Balaban J connectivity index is 1.54. The third-order valence-electron chi connectivity index (χ3n) is 3.65. The zero-order valence-corrected chi connectivity index (χ0v) is 15.7. The summed E-state index contributed by atoms with van der Waals surface area (Å²) < 4.78 is 0.661. The number of aromatic nitrogens is 2. The summed E-state index contributed by atoms with van der Waals surface area (Å²) in [7, 11) is 0. The fourth-order valence-corrected chi connectivity index (χ4v) is 2.81. The summed E-state index contributed by atoms with van der Waals surface area (Å²) in [6.45, 7) is -0.186. The maximum absolute atomic E-state index is 12.1. The number of amides is 2. The molecule has 0 atom stereocenters. The normalized spacial score (nSPS) is 10.7. The van der Waals surface area contributed by atoms with Gasteiger partial charge in [0.1, 0.15) is 0 Å². The number of hydrazone groups is 1. The van der Waals surface area contributed by atoms with E-state index in [0.717, 1.165) is 16.8 Å². The van der Waals surface area contributed by atoms with E-state index >= 15 is 0 Å². The van der Waals surface area contributed by atoms with Gasteiger partial charge in [0.25, 0.3) is 11.8 Å². The molecular formula is C19H16BrN5O2. The van der Waals surface area contributed by atoms with E-state index in [1.165, 1.54) is 6.21 Å². The average Bonchev–Trinajstić information content (AvgIpc) is 3.16. The lowest BCUT2D eigenvalue weighted by Gasteiger charge is -2.05. The number of nitrogens with one attached hydrogen (secondary N) is 3. The SMILES string of the molecule is O=C(CNC(=O)c1ccccc1Br)NN=Cc1cn[nH]c1-c1ccccc1. The Kier molecular flexibility index (Phi) is 6.11. The lowest BCUT2D eigenvalue weighted by Crippen LogP contribution is -2.35. The minimum Gasteiger partial charge on any atom is -0.343 e. The average molecular weight is 426 g/mol. The number of rotatable bonds is 6. The summed E-state index contributed by atoms with van der Waals surface area (Å²) in [6, 6.07) is 16.6. The molecule has 0 aliphatic rings. The van der Waals surface area contributed by atoms with Gasteiger partial charge in [-0.05, 0) is 28.1 Å². The second kappa shape index (κ2) is 8.91. The van der Waals surface area contributed by atoms with E-state index in [1.54, 1.807) is 24.4 Å². The van der Waals surface area contributed by atoms with Crippen LogP contribution in [0.25, 0.3) is 11.3 Å². The highest BCUT2D eigenvalue weighted by atomic mass is 79.9. The Morgan fingerprint density at radius 3 is 2.63 bits per heavy atom. The van der Waals surface area contributed by atoms with Crippen molar-refractivity contribution in [1.82, 2.24) is 20.9 Å². The first-order valence-corrected chi connectivity index (χ1v) is 8.88. The predicted octanol–water partition coefficient (Wildman–Crippen LogP) is 2.72. The monoisotopic (exact) mass is 425 g/mol. The molecule has 27 heavy (non-hydrogen) atoms. The summed E-state index contributed by atoms with van der Waals surface area (Å²) in [5.74, 6) is -0.779. The summed E-state index contributed by atoms with van der Waals surface area (Å²) in [5.41, 5.74) is 5.34. The van der Waals surface area contributed by atoms with Gasteiger partial charge >= 0.3 is 0 Å². The number of nitrogens with zero attached hydrogens (tertiary/aromatic N) is 2. The number of benzene rings is 2. The molecule has 0 bridgehead atoms. The number of hydrogen-bond donors (Lipinski definition) is 3. The first kappa shape index (κ1) is 18.5. The van der Waals surface area contributed by atoms with Gasteiger partial charge in [0.05, 0.1) is 30.2 Å². The molecule has 0 fully saturated rings. The van der Waals surface area contributed by atoms with Crippen LogP contribution in [0.3, 0.4) is 0 Å². The molecule has 0 aliphatic heterocycles. The Bertz CT molecular complexity index is 969. The van der Waals surface area contributed by atoms with Gasteiger partial charge in [0.2, 0.25) is 0 Å². The Morgan fingerprint density at radius 1 is 1.11 bits per heavy atom. The zero-order valence-electron chi connectivity index (χ0n) is 14.1. The van der Waals surface area contributed by atoms with Crippen LogP contribution >= 0.6 is 15.9 Å². The van der Waals surface area contributed by atoms with E-state index in [4.69, 9.17) is 0 Å². The molecule has 3 rings (SSSR count). The van der Waals surface area contributed by atoms with Crippen molar-refractivity contribution in [3.63, 3.8) is 0 Å². The molecule has 0 radical (unpaired) electrons. The van der Waals surface area contributed by atoms with Crippen molar-refractivity contribution in [2.75, 3.05) is 6.54 Å². The van der Waals surface area contributed by atoms with Gasteiger partial charge in [-0.3, -0.25) is 14.7 Å². The standard InChI is InChI=1S/C19H16BrN5O2/c20-16-9-5-4-8-15(16)19(27)21-12-17(26)24-22-10-14-11-23-25-18(14)13-6-2-1-3-7-13/h1-11H,12H2,(H,21,27)(H,23,25)(H,24,26). The van der Waals surface area contributed by atoms with Gasteiger partial charge in [-0.15, -0.1) is 0 Å². The van der Waals surface area contributed by atoms with Crippen molar-refractivity contribution in [2.45, 2.75) is 0 Å². The van der Waals surface area contributed by atoms with Crippen LogP contribution < -0.4 is 10.7 Å². The number of aromatic amines is 1. The Hall–Kier alpha value is -3.26. The van der Waals surface area contributed by atoms with Crippen LogP contribution in [0, 0.1) is 0 Å². The summed E-state index contributed by atoms with van der Waals surface area (Å²) in [6.07, 6.45) is 3.12. The molecule has 136 valence electrons. The number of hydrogen-bond acceptors (Lipinski definition) is 4. The molecule has 7 nitrogen and oxygen atoms in total. The highest BCUT2D eigenvalue weighted by Crippen LogP contribution is 2.19. The second-order valence-electron chi connectivity index (χ2n) is 5.52. The number of carbonyl (C=O) groups excluding carboxylic acids is 2. The second-order valence-corrected chi connectivity index (χ2v) is 6.38. The number of H-pyrrole nitrogens is 1. The van der Waals surface area contributed by atoms with Crippen LogP contribution in [0.4, 0.5) is 0 Å². The lowest BCUT2D eigenvalue weighted by molar-refractivity contribution is -0.120. The van der Waals surface area contributed by atoms with E-state index in [-0.39, 0.29) is 12.5 Å². The molecule has 2 amide bonds. The maximum Gasteiger partial charge on any atom is 0.259 e. The van der Waals surface area contributed by atoms with Crippen LogP contribution in [-0.4, -0.2) is 34.8 Å². The topological polar surface area (TPSA) is 99.2 Å². The van der Waals surface area contributed by atoms with E-state index in [0.29, 0.717) is 10.0 Å². The fourth-order valence-electron chi connectivity index (χ4n) is 2.34. The summed E-state index contributed by atoms with van der Waals surface area (Å²) in [5, 5.41) is 13.4. The van der Waals surface area contributed by atoms with E-state index in [2.05, 4.69) is 42.0 Å². The van der Waals surface area contributed by atoms with Crippen molar-refractivity contribution in [2.24, 2.45) is 5.10 Å². The van der Waals surface area contributed by atoms with Gasteiger partial charge in [-0.1, -0.05) is 42.5 Å². The van der Waals surface area contributed by atoms with Crippen molar-refractivity contribution < 1.29 is 9.59 Å². The molecule has 0 saturated carbocycles. The maximum atomic E-state index is 12.1. The number of carbonyl (C=O) groups is 2. The van der Waals surface area contributed by atoms with E-state index < -0.39 is 5.91 Å². The third-order valence-corrected chi connectivity index (χ3v) is 4.34. The molecule has 2 aromatic carbocycles. The molecule has 3 aromatic rings.